The van der Waals surface area contributed by atoms with Crippen molar-refractivity contribution in [2.24, 2.45) is 0 Å². The molecular formula is C8H16N2O2. The number of cyclic esters (lactones) is 1. The third-order valence-corrected chi connectivity index (χ3v) is 2.05. The molecule has 1 unspecified atom stereocenters. The van der Waals surface area contributed by atoms with Gasteiger partial charge in [-0.1, -0.05) is 0 Å². The van der Waals surface area contributed by atoms with E-state index < -0.39 is 0 Å². The van der Waals surface area contributed by atoms with Gasteiger partial charge in [-0.15, -0.1) is 0 Å². The van der Waals surface area contributed by atoms with E-state index in [0.717, 1.165) is 13.1 Å². The molecule has 4 nitrogen and oxygen atoms in total. The Labute approximate surface area is 72.9 Å². The molecule has 12 heavy (non-hydrogen) atoms. The van der Waals surface area contributed by atoms with Crippen LogP contribution in [0.2, 0.25) is 0 Å². The van der Waals surface area contributed by atoms with Crippen LogP contribution in [0.25, 0.3) is 0 Å². The molecule has 0 amide bonds. The second kappa shape index (κ2) is 4.42. The first kappa shape index (κ1) is 9.48. The normalized spacial score (nSPS) is 22.0. The van der Waals surface area contributed by atoms with E-state index in [4.69, 9.17) is 4.74 Å². The third-order valence-electron chi connectivity index (χ3n) is 2.05. The predicted molar refractivity (Wildman–Crippen MR) is 45.9 cm³/mol. The Morgan fingerprint density at radius 2 is 2.50 bits per heavy atom. The summed E-state index contributed by atoms with van der Waals surface area (Å²) in [5.41, 5.74) is 0. The second-order valence-corrected chi connectivity index (χ2v) is 3.15. The van der Waals surface area contributed by atoms with Crippen LogP contribution in [0.3, 0.4) is 0 Å². The summed E-state index contributed by atoms with van der Waals surface area (Å²) >= 11 is 0. The SMILES string of the molecule is CNC(C)CN1CCOC(=O)C1. The van der Waals surface area contributed by atoms with E-state index in [0.29, 0.717) is 19.2 Å². The quantitative estimate of drug-likeness (QED) is 0.580. The van der Waals surface area contributed by atoms with Gasteiger partial charge in [0.15, 0.2) is 0 Å². The molecule has 0 spiro atoms. The Morgan fingerprint density at radius 1 is 1.75 bits per heavy atom. The first-order valence-corrected chi connectivity index (χ1v) is 4.27. The number of likely N-dealkylation sites (N-methyl/N-ethyl adjacent to an activating group) is 1. The first-order valence-electron chi connectivity index (χ1n) is 4.27. The summed E-state index contributed by atoms with van der Waals surface area (Å²) in [4.78, 5) is 13.0. The van der Waals surface area contributed by atoms with Gasteiger partial charge in [-0.05, 0) is 14.0 Å². The molecule has 1 aliphatic rings. The van der Waals surface area contributed by atoms with Crippen LogP contribution in [0.5, 0.6) is 0 Å². The lowest BCUT2D eigenvalue weighted by molar-refractivity contribution is -0.150. The maximum Gasteiger partial charge on any atom is 0.320 e. The van der Waals surface area contributed by atoms with E-state index in [-0.39, 0.29) is 5.97 Å². The highest BCUT2D eigenvalue weighted by Crippen LogP contribution is 1.99. The van der Waals surface area contributed by atoms with Gasteiger partial charge in [0.25, 0.3) is 0 Å². The van der Waals surface area contributed by atoms with E-state index in [9.17, 15) is 4.79 Å². The number of morpholine rings is 1. The highest BCUT2D eigenvalue weighted by atomic mass is 16.5. The van der Waals surface area contributed by atoms with Gasteiger partial charge < -0.3 is 10.1 Å². The summed E-state index contributed by atoms with van der Waals surface area (Å²) in [6, 6.07) is 0.427. The molecule has 1 fully saturated rings. The van der Waals surface area contributed by atoms with Gasteiger partial charge in [-0.25, -0.2) is 0 Å². The largest absolute Gasteiger partial charge is 0.463 e. The second-order valence-electron chi connectivity index (χ2n) is 3.15. The van der Waals surface area contributed by atoms with Crippen molar-refractivity contribution in [1.82, 2.24) is 10.2 Å². The standard InChI is InChI=1S/C8H16N2O2/c1-7(9-2)5-10-3-4-12-8(11)6-10/h7,9H,3-6H2,1-2H3. The van der Waals surface area contributed by atoms with Crippen molar-refractivity contribution in [3.63, 3.8) is 0 Å². The monoisotopic (exact) mass is 172 g/mol. The van der Waals surface area contributed by atoms with Crippen molar-refractivity contribution in [2.75, 3.05) is 33.3 Å². The van der Waals surface area contributed by atoms with Crippen LogP contribution in [0, 0.1) is 0 Å². The summed E-state index contributed by atoms with van der Waals surface area (Å²) < 4.78 is 4.82. The van der Waals surface area contributed by atoms with Crippen LogP contribution >= 0.6 is 0 Å². The zero-order valence-corrected chi connectivity index (χ0v) is 7.67. The minimum atomic E-state index is -0.107. The molecule has 0 bridgehead atoms. The molecule has 1 aliphatic heterocycles. The Morgan fingerprint density at radius 3 is 3.08 bits per heavy atom. The number of rotatable bonds is 3. The maximum absolute atomic E-state index is 10.9. The van der Waals surface area contributed by atoms with E-state index >= 15 is 0 Å². The number of nitrogens with one attached hydrogen (secondary N) is 1. The number of hydrogen-bond donors (Lipinski definition) is 1. The number of carbonyl (C=O) groups is 1. The van der Waals surface area contributed by atoms with Crippen molar-refractivity contribution >= 4 is 5.97 Å². The number of nitrogens with zero attached hydrogens (tertiary/aromatic N) is 1. The van der Waals surface area contributed by atoms with Crippen LogP contribution in [0.15, 0.2) is 0 Å². The summed E-state index contributed by atoms with van der Waals surface area (Å²) in [5.74, 6) is -0.107. The van der Waals surface area contributed by atoms with Gasteiger partial charge in [0.05, 0.1) is 6.54 Å². The molecule has 1 heterocycles. The molecule has 0 aliphatic carbocycles. The number of ether oxygens (including phenoxy) is 1. The summed E-state index contributed by atoms with van der Waals surface area (Å²) in [6.07, 6.45) is 0. The smallest absolute Gasteiger partial charge is 0.320 e. The molecular weight excluding hydrogens is 156 g/mol. The number of carbonyl (C=O) groups excluding carboxylic acids is 1. The highest BCUT2D eigenvalue weighted by molar-refractivity contribution is 5.72. The van der Waals surface area contributed by atoms with Gasteiger partial charge in [0.2, 0.25) is 0 Å². The molecule has 0 radical (unpaired) electrons. The van der Waals surface area contributed by atoms with Crippen molar-refractivity contribution in [3.8, 4) is 0 Å². The molecule has 1 rings (SSSR count). The Kier molecular flexibility index (Phi) is 3.49. The fourth-order valence-corrected chi connectivity index (χ4v) is 1.23. The first-order chi connectivity index (χ1) is 5.72. The molecule has 0 aromatic heterocycles. The predicted octanol–water partition coefficient (Wildman–Crippen LogP) is -0.547. The summed E-state index contributed by atoms with van der Waals surface area (Å²) in [6.45, 7) is 4.84. The van der Waals surface area contributed by atoms with Crippen LogP contribution in [0.4, 0.5) is 0 Å². The van der Waals surface area contributed by atoms with Crippen LogP contribution < -0.4 is 5.32 Å². The van der Waals surface area contributed by atoms with Crippen molar-refractivity contribution in [3.05, 3.63) is 0 Å². The van der Waals surface area contributed by atoms with Gasteiger partial charge in [0, 0.05) is 19.1 Å². The van der Waals surface area contributed by atoms with Gasteiger partial charge >= 0.3 is 5.97 Å². The molecule has 1 atom stereocenters. The minimum absolute atomic E-state index is 0.107. The third kappa shape index (κ3) is 2.79. The number of hydrogen-bond acceptors (Lipinski definition) is 4. The molecule has 1 N–H and O–H groups in total. The zero-order valence-electron chi connectivity index (χ0n) is 7.67. The molecule has 0 aromatic rings. The van der Waals surface area contributed by atoms with Gasteiger partial charge in [-0.2, -0.15) is 0 Å². The maximum atomic E-state index is 10.9. The van der Waals surface area contributed by atoms with Gasteiger partial charge in [-0.3, -0.25) is 9.69 Å². The summed E-state index contributed by atoms with van der Waals surface area (Å²) in [5, 5.41) is 3.13. The molecule has 4 heteroatoms. The summed E-state index contributed by atoms with van der Waals surface area (Å²) in [7, 11) is 1.92. The fourth-order valence-electron chi connectivity index (χ4n) is 1.23. The average Bonchev–Trinajstić information content (AvgIpc) is 2.04. The lowest BCUT2D eigenvalue weighted by Crippen LogP contribution is -2.45. The number of esters is 1. The van der Waals surface area contributed by atoms with Crippen LogP contribution in [0.1, 0.15) is 6.92 Å². The molecule has 70 valence electrons. The van der Waals surface area contributed by atoms with Crippen molar-refractivity contribution in [1.29, 1.82) is 0 Å². The Bertz CT molecular complexity index is 161. The minimum Gasteiger partial charge on any atom is -0.463 e. The molecule has 0 aromatic carbocycles. The molecule has 1 saturated heterocycles. The van der Waals surface area contributed by atoms with Crippen molar-refractivity contribution < 1.29 is 9.53 Å². The van der Waals surface area contributed by atoms with E-state index in [1.807, 2.05) is 7.05 Å². The fraction of sp³-hybridized carbons (Fsp3) is 0.875. The average molecular weight is 172 g/mol. The Balaban J connectivity index is 2.27. The van der Waals surface area contributed by atoms with Crippen LogP contribution in [-0.4, -0.2) is 50.2 Å². The Hall–Kier alpha value is -0.610. The van der Waals surface area contributed by atoms with Gasteiger partial charge in [0.1, 0.15) is 6.61 Å². The molecule has 0 saturated carbocycles. The van der Waals surface area contributed by atoms with E-state index in [2.05, 4.69) is 17.1 Å². The highest BCUT2D eigenvalue weighted by Gasteiger charge is 2.18. The van der Waals surface area contributed by atoms with Crippen molar-refractivity contribution in [2.45, 2.75) is 13.0 Å². The van der Waals surface area contributed by atoms with E-state index in [1.165, 1.54) is 0 Å². The van der Waals surface area contributed by atoms with E-state index in [1.54, 1.807) is 0 Å². The lowest BCUT2D eigenvalue weighted by atomic mass is 10.3. The lowest BCUT2D eigenvalue weighted by Gasteiger charge is -2.27. The van der Waals surface area contributed by atoms with Crippen LogP contribution in [-0.2, 0) is 9.53 Å². The zero-order chi connectivity index (χ0) is 8.97. The topological polar surface area (TPSA) is 41.6 Å².